The lowest BCUT2D eigenvalue weighted by Gasteiger charge is -2.50. The average Bonchev–Trinajstić information content (AvgIpc) is 3.45. The molecule has 4 aliphatic rings. The number of likely N-dealkylation sites (tertiary alicyclic amines) is 1. The van der Waals surface area contributed by atoms with Crippen LogP contribution in [-0.2, 0) is 29.4 Å². The highest BCUT2D eigenvalue weighted by molar-refractivity contribution is 6.33. The van der Waals surface area contributed by atoms with Crippen molar-refractivity contribution >= 4 is 58.5 Å². The summed E-state index contributed by atoms with van der Waals surface area (Å²) in [5, 5.41) is 20.3. The monoisotopic (exact) mass is 688 g/mol. The van der Waals surface area contributed by atoms with E-state index in [1.54, 1.807) is 60.7 Å². The number of ether oxygens (including phenoxy) is 1. The highest BCUT2D eigenvalue weighted by atomic mass is 35.5. The Balaban J connectivity index is 1.48. The number of aromatic hydroxyl groups is 1. The average molecular weight is 690 g/mol. The summed E-state index contributed by atoms with van der Waals surface area (Å²) in [5.41, 5.74) is 0.506. The van der Waals surface area contributed by atoms with Gasteiger partial charge in [-0.25, -0.2) is 4.90 Å². The maximum absolute atomic E-state index is 15.2. The second kappa shape index (κ2) is 11.8. The number of fused-ring (bicyclic) bond motifs is 4. The minimum absolute atomic E-state index is 0.0315. The zero-order valence-electron chi connectivity index (χ0n) is 25.6. The summed E-state index contributed by atoms with van der Waals surface area (Å²) in [6.45, 7) is -0.256. The minimum atomic E-state index is -1.53. The number of imide groups is 2. The number of hydrogen-bond acceptors (Lipinski definition) is 7. The van der Waals surface area contributed by atoms with Crippen molar-refractivity contribution in [3.63, 3.8) is 0 Å². The molecular weight excluding hydrogens is 659 g/mol. The third-order valence-electron chi connectivity index (χ3n) is 10.4. The van der Waals surface area contributed by atoms with Crippen molar-refractivity contribution in [3.8, 4) is 11.5 Å². The van der Waals surface area contributed by atoms with Crippen LogP contribution in [0.15, 0.2) is 78.4 Å². The summed E-state index contributed by atoms with van der Waals surface area (Å²) in [6, 6.07) is 18.6. The SMILES string of the molecule is COc1cc(C2C3=CCC4C(=O)N(CCC(=O)O)C(=O)C4C3CC3C(=O)N(c4cccc(Cl)c4)C(=O)C32c2ccccc2)cc(Cl)c1O. The van der Waals surface area contributed by atoms with Crippen LogP contribution in [0, 0.1) is 23.7 Å². The maximum atomic E-state index is 15.2. The molecule has 3 aromatic carbocycles. The van der Waals surface area contributed by atoms with Gasteiger partial charge in [-0.15, -0.1) is 0 Å². The Morgan fingerprint density at radius 2 is 1.71 bits per heavy atom. The number of carbonyl (C=O) groups excluding carboxylic acids is 4. The van der Waals surface area contributed by atoms with E-state index < -0.39 is 71.0 Å². The molecule has 0 bridgehead atoms. The van der Waals surface area contributed by atoms with Crippen LogP contribution in [0.2, 0.25) is 10.0 Å². The zero-order valence-corrected chi connectivity index (χ0v) is 27.1. The molecule has 0 radical (unpaired) electrons. The number of phenols is 1. The standard InChI is InChI=1S/C36H30Cl2N2O8/c1-48-27-15-18(14-26(38)31(27)43)30-22-10-11-23-29(34(46)39(32(23)44)13-12-28(41)42)24(22)17-25-33(45)40(21-9-5-8-20(37)16-21)35(47)36(25,30)19-6-3-2-4-7-19/h2-10,14-16,23-25,29-30,43H,11-13,17H2,1H3,(H,41,42). The highest BCUT2D eigenvalue weighted by Gasteiger charge is 2.70. The van der Waals surface area contributed by atoms with Crippen LogP contribution in [0.5, 0.6) is 11.5 Å². The van der Waals surface area contributed by atoms with Crippen LogP contribution in [-0.4, -0.2) is 58.4 Å². The lowest BCUT2D eigenvalue weighted by molar-refractivity contribution is -0.142. The lowest BCUT2D eigenvalue weighted by atomic mass is 9.49. The maximum Gasteiger partial charge on any atom is 0.305 e. The molecule has 10 nitrogen and oxygen atoms in total. The summed E-state index contributed by atoms with van der Waals surface area (Å²) < 4.78 is 5.47. The van der Waals surface area contributed by atoms with Gasteiger partial charge in [-0.3, -0.25) is 28.9 Å². The zero-order chi connectivity index (χ0) is 34.1. The van der Waals surface area contributed by atoms with Gasteiger partial charge in [0.25, 0.3) is 0 Å². The second-order valence-corrected chi connectivity index (χ2v) is 13.5. The number of carbonyl (C=O) groups is 5. The summed E-state index contributed by atoms with van der Waals surface area (Å²) in [6.07, 6.45) is 1.75. The van der Waals surface area contributed by atoms with Crippen LogP contribution in [0.4, 0.5) is 5.69 Å². The number of benzene rings is 3. The lowest BCUT2D eigenvalue weighted by Crippen LogP contribution is -2.53. The van der Waals surface area contributed by atoms with Crippen LogP contribution in [0.3, 0.4) is 0 Å². The smallest absolute Gasteiger partial charge is 0.305 e. The molecule has 3 fully saturated rings. The van der Waals surface area contributed by atoms with E-state index in [0.29, 0.717) is 27.4 Å². The number of anilines is 1. The van der Waals surface area contributed by atoms with Gasteiger partial charge in [0.05, 0.1) is 47.4 Å². The van der Waals surface area contributed by atoms with Crippen LogP contribution >= 0.6 is 23.2 Å². The molecule has 2 saturated heterocycles. The summed E-state index contributed by atoms with van der Waals surface area (Å²) >= 11 is 12.9. The molecule has 48 heavy (non-hydrogen) atoms. The van der Waals surface area contributed by atoms with E-state index in [-0.39, 0.29) is 35.9 Å². The van der Waals surface area contributed by atoms with Crippen LogP contribution < -0.4 is 9.64 Å². The van der Waals surface area contributed by atoms with Crippen molar-refractivity contribution < 1.29 is 38.9 Å². The van der Waals surface area contributed by atoms with Crippen molar-refractivity contribution in [3.05, 3.63) is 99.6 Å². The molecule has 7 rings (SSSR count). The molecule has 6 atom stereocenters. The van der Waals surface area contributed by atoms with Crippen molar-refractivity contribution in [2.75, 3.05) is 18.6 Å². The summed E-state index contributed by atoms with van der Waals surface area (Å²) in [5.74, 6) is -7.38. The highest BCUT2D eigenvalue weighted by Crippen LogP contribution is 2.65. The molecule has 0 spiro atoms. The van der Waals surface area contributed by atoms with Crippen molar-refractivity contribution in [2.24, 2.45) is 23.7 Å². The number of carboxylic acid groups (broad SMARTS) is 1. The van der Waals surface area contributed by atoms with Crippen molar-refractivity contribution in [1.82, 2.24) is 4.90 Å². The van der Waals surface area contributed by atoms with E-state index in [4.69, 9.17) is 27.9 Å². The van der Waals surface area contributed by atoms with Gasteiger partial charge in [0.15, 0.2) is 11.5 Å². The Bertz CT molecular complexity index is 1930. The van der Waals surface area contributed by atoms with Gasteiger partial charge in [0, 0.05) is 17.5 Å². The number of amides is 4. The fraction of sp³-hybridized carbons (Fsp3) is 0.306. The Hall–Kier alpha value is -4.67. The largest absolute Gasteiger partial charge is 0.503 e. The predicted molar refractivity (Wildman–Crippen MR) is 175 cm³/mol. The van der Waals surface area contributed by atoms with Gasteiger partial charge in [-0.05, 0) is 60.2 Å². The van der Waals surface area contributed by atoms with Gasteiger partial charge in [-0.1, -0.05) is 71.2 Å². The third kappa shape index (κ3) is 4.57. The normalized spacial score (nSPS) is 27.8. The van der Waals surface area contributed by atoms with Gasteiger partial charge < -0.3 is 14.9 Å². The number of methoxy groups -OCH3 is 1. The number of carboxylic acids is 1. The van der Waals surface area contributed by atoms with Crippen molar-refractivity contribution in [2.45, 2.75) is 30.6 Å². The van der Waals surface area contributed by atoms with Gasteiger partial charge in [0.1, 0.15) is 0 Å². The fourth-order valence-electron chi connectivity index (χ4n) is 8.53. The van der Waals surface area contributed by atoms with Crippen molar-refractivity contribution in [1.29, 1.82) is 0 Å². The molecule has 6 unspecified atom stereocenters. The number of nitrogens with zero attached hydrogens (tertiary/aromatic N) is 2. The minimum Gasteiger partial charge on any atom is -0.503 e. The van der Waals surface area contributed by atoms with Crippen LogP contribution in [0.1, 0.15) is 36.3 Å². The summed E-state index contributed by atoms with van der Waals surface area (Å²) in [7, 11) is 1.37. The topological polar surface area (TPSA) is 142 Å². The summed E-state index contributed by atoms with van der Waals surface area (Å²) in [4.78, 5) is 71.1. The Morgan fingerprint density at radius 1 is 0.958 bits per heavy atom. The quantitative estimate of drug-likeness (QED) is 0.250. The van der Waals surface area contributed by atoms with E-state index >= 15 is 4.79 Å². The van der Waals surface area contributed by atoms with E-state index in [1.165, 1.54) is 7.11 Å². The third-order valence-corrected chi connectivity index (χ3v) is 10.9. The second-order valence-electron chi connectivity index (χ2n) is 12.6. The first-order chi connectivity index (χ1) is 23.0. The molecule has 2 aliphatic carbocycles. The fourth-order valence-corrected chi connectivity index (χ4v) is 8.93. The Kier molecular flexibility index (Phi) is 7.83. The number of phenolic OH excluding ortho intramolecular Hbond substituents is 1. The molecule has 1 saturated carbocycles. The van der Waals surface area contributed by atoms with E-state index in [1.807, 2.05) is 12.1 Å². The Labute approximate surface area is 285 Å². The molecule has 3 aromatic rings. The number of aliphatic carboxylic acids is 1. The molecule has 246 valence electrons. The number of hydrogen-bond donors (Lipinski definition) is 2. The van der Waals surface area contributed by atoms with Gasteiger partial charge in [0.2, 0.25) is 23.6 Å². The van der Waals surface area contributed by atoms with Gasteiger partial charge in [-0.2, -0.15) is 0 Å². The van der Waals surface area contributed by atoms with E-state index in [9.17, 15) is 29.4 Å². The first-order valence-corrected chi connectivity index (χ1v) is 16.3. The molecular formula is C36H30Cl2N2O8. The number of halogens is 2. The molecule has 2 aliphatic heterocycles. The van der Waals surface area contributed by atoms with E-state index in [0.717, 1.165) is 9.80 Å². The molecule has 0 aromatic heterocycles. The molecule has 12 heteroatoms. The predicted octanol–water partition coefficient (Wildman–Crippen LogP) is 5.34. The van der Waals surface area contributed by atoms with Gasteiger partial charge >= 0.3 is 5.97 Å². The van der Waals surface area contributed by atoms with E-state index in [2.05, 4.69) is 0 Å². The first kappa shape index (κ1) is 31.9. The molecule has 4 amide bonds. The molecule has 2 heterocycles. The van der Waals surface area contributed by atoms with Crippen LogP contribution in [0.25, 0.3) is 0 Å². The first-order valence-electron chi connectivity index (χ1n) is 15.5. The number of allylic oxidation sites excluding steroid dienone is 2. The Morgan fingerprint density at radius 3 is 2.40 bits per heavy atom. The number of rotatable bonds is 7. The molecule has 2 N–H and O–H groups in total.